The number of hydrogen-bond donors (Lipinski definition) is 0. The van der Waals surface area contributed by atoms with Gasteiger partial charge in [0, 0.05) is 38.1 Å². The third-order valence-electron chi connectivity index (χ3n) is 2.80. The van der Waals surface area contributed by atoms with Crippen LogP contribution in [-0.4, -0.2) is 38.1 Å². The van der Waals surface area contributed by atoms with E-state index < -0.39 is 0 Å². The van der Waals surface area contributed by atoms with E-state index in [1.54, 1.807) is 0 Å². The molecule has 0 aliphatic carbocycles. The summed E-state index contributed by atoms with van der Waals surface area (Å²) in [6.45, 7) is 24.7. The molecule has 0 rings (SSSR count). The quantitative estimate of drug-likeness (QED) is 0.357. The minimum atomic E-state index is -0.0735. The van der Waals surface area contributed by atoms with E-state index in [-0.39, 0.29) is 64.3 Å². The summed E-state index contributed by atoms with van der Waals surface area (Å²) in [7, 11) is -0.00944. The van der Waals surface area contributed by atoms with Gasteiger partial charge in [0.25, 0.3) is 0 Å². The second kappa shape index (κ2) is 16.8. The first-order valence-electron chi connectivity index (χ1n) is 6.97. The van der Waals surface area contributed by atoms with E-state index in [1.165, 1.54) is 10.4 Å². The van der Waals surface area contributed by atoms with Crippen LogP contribution in [0.5, 0.6) is 0 Å². The molecule has 5 heteroatoms. The Morgan fingerprint density at radius 1 is 0.684 bits per heavy atom. The van der Waals surface area contributed by atoms with Crippen molar-refractivity contribution in [2.75, 3.05) is 0 Å². The summed E-state index contributed by atoms with van der Waals surface area (Å²) in [4.78, 5) is 0. The first-order valence-corrected chi connectivity index (χ1v) is 15.5. The molecule has 0 fully saturated rings. The third-order valence-corrected chi connectivity index (χ3v) is 7.48. The van der Waals surface area contributed by atoms with Crippen LogP contribution in [-0.2, 0) is 26.2 Å². The summed E-state index contributed by atoms with van der Waals surface area (Å²) in [5, 5.41) is 5.37. The average molecular weight is 402 g/mol. The van der Waals surface area contributed by atoms with Gasteiger partial charge in [0.1, 0.15) is 0 Å². The van der Waals surface area contributed by atoms with Crippen LogP contribution in [0.3, 0.4) is 0 Å². The molecule has 0 unspecified atom stereocenters. The molecule has 19 heavy (non-hydrogen) atoms. The van der Waals surface area contributed by atoms with Crippen molar-refractivity contribution in [1.82, 2.24) is 0 Å². The molecule has 0 saturated heterocycles. The molecule has 0 aromatic heterocycles. The van der Waals surface area contributed by atoms with Crippen LogP contribution in [0.15, 0.2) is 32.9 Å². The predicted molar refractivity (Wildman–Crippen MR) is 101 cm³/mol. The monoisotopic (exact) mass is 400 g/mol. The van der Waals surface area contributed by atoms with Gasteiger partial charge in [-0.05, 0) is 0 Å². The van der Waals surface area contributed by atoms with Gasteiger partial charge >= 0.3 is 26.2 Å². The Morgan fingerprint density at radius 3 is 1.11 bits per heavy atom. The van der Waals surface area contributed by atoms with Gasteiger partial charge in [0.05, 0.1) is 0 Å². The second-order valence-corrected chi connectivity index (χ2v) is 11.2. The molecule has 0 nitrogen and oxygen atoms in total. The zero-order valence-electron chi connectivity index (χ0n) is 13.6. The Bertz CT molecular complexity index is 287. The summed E-state index contributed by atoms with van der Waals surface area (Å²) in [5.41, 5.74) is 0. The Hall–Kier alpha value is 0.711. The average Bonchev–Trinajstić information content (AvgIpc) is 2.38. The zero-order valence-corrected chi connectivity index (χ0v) is 21.8. The van der Waals surface area contributed by atoms with Gasteiger partial charge in [-0.3, -0.25) is 13.2 Å². The maximum absolute atomic E-state index is 5.67. The standard InChI is InChI=1S/2C7H15Si2.Zr/c2*1-6(8-3)5-7(2)9-4;/h2*1,5H,8-9H2,2-4H3;/q2*-1;+2. The largest absolute Gasteiger partial charge is 2.00 e. The summed E-state index contributed by atoms with van der Waals surface area (Å²) in [6.07, 6.45) is 4.36. The summed E-state index contributed by atoms with van der Waals surface area (Å²) < 4.78 is 0. The molecule has 0 aromatic carbocycles. The van der Waals surface area contributed by atoms with Crippen LogP contribution in [0.4, 0.5) is 0 Å². The third kappa shape index (κ3) is 18.7. The van der Waals surface area contributed by atoms with Crippen LogP contribution in [0.2, 0.25) is 26.2 Å². The van der Waals surface area contributed by atoms with Crippen molar-refractivity contribution in [2.24, 2.45) is 0 Å². The Morgan fingerprint density at radius 2 is 0.947 bits per heavy atom. The van der Waals surface area contributed by atoms with Crippen molar-refractivity contribution in [3.63, 3.8) is 0 Å². The maximum atomic E-state index is 5.67. The summed E-state index contributed by atoms with van der Waals surface area (Å²) in [5.74, 6) is 0. The van der Waals surface area contributed by atoms with E-state index >= 15 is 0 Å². The van der Waals surface area contributed by atoms with Crippen molar-refractivity contribution < 1.29 is 26.2 Å². The Kier molecular flexibility index (Phi) is 21.8. The van der Waals surface area contributed by atoms with Gasteiger partial charge in [-0.25, -0.2) is 22.5 Å². The van der Waals surface area contributed by atoms with E-state index in [0.717, 1.165) is 10.4 Å². The molecule has 0 aliphatic rings. The molecule has 0 aromatic rings. The molecule has 106 valence electrons. The number of allylic oxidation sites excluding steroid dienone is 6. The fourth-order valence-electron chi connectivity index (χ4n) is 1.04. The summed E-state index contributed by atoms with van der Waals surface area (Å²) >= 11 is 0. The van der Waals surface area contributed by atoms with Gasteiger partial charge in [-0.1, -0.05) is 40.0 Å². The van der Waals surface area contributed by atoms with Gasteiger partial charge in [0.15, 0.2) is 0 Å². The molecular formula is C14H30Si4Zr. The normalized spacial score (nSPS) is 13.6. The smallest absolute Gasteiger partial charge is 0.294 e. The minimum absolute atomic E-state index is 0. The molecule has 0 atom stereocenters. The van der Waals surface area contributed by atoms with E-state index in [2.05, 4.69) is 52.2 Å². The fraction of sp³-hybridized carbons (Fsp3) is 0.429. The number of hydrogen-bond acceptors (Lipinski definition) is 0. The van der Waals surface area contributed by atoms with E-state index in [0.29, 0.717) is 0 Å². The van der Waals surface area contributed by atoms with Crippen molar-refractivity contribution in [3.05, 3.63) is 46.1 Å². The summed E-state index contributed by atoms with van der Waals surface area (Å²) in [6, 6.07) is 0. The van der Waals surface area contributed by atoms with Crippen LogP contribution in [0.1, 0.15) is 13.8 Å². The zero-order chi connectivity index (χ0) is 14.6. The van der Waals surface area contributed by atoms with Gasteiger partial charge in [0.2, 0.25) is 0 Å². The predicted octanol–water partition coefficient (Wildman–Crippen LogP) is 1.28. The molecule has 0 radical (unpaired) electrons. The molecule has 0 amide bonds. The Balaban J connectivity index is -0.000000256. The molecule has 0 spiro atoms. The van der Waals surface area contributed by atoms with Crippen molar-refractivity contribution in [3.8, 4) is 0 Å². The molecule has 0 aliphatic heterocycles. The second-order valence-electron chi connectivity index (χ2n) is 4.55. The number of rotatable bonds is 6. The van der Waals surface area contributed by atoms with Gasteiger partial charge in [-0.15, -0.1) is 0 Å². The molecule has 0 N–H and O–H groups in total. The van der Waals surface area contributed by atoms with Crippen LogP contribution in [0.25, 0.3) is 0 Å². The first kappa shape index (κ1) is 24.7. The van der Waals surface area contributed by atoms with E-state index in [9.17, 15) is 0 Å². The van der Waals surface area contributed by atoms with Crippen molar-refractivity contribution in [1.29, 1.82) is 0 Å². The topological polar surface area (TPSA) is 0 Å². The molecule has 0 bridgehead atoms. The van der Waals surface area contributed by atoms with Crippen LogP contribution >= 0.6 is 0 Å². The molecule has 0 heterocycles. The Labute approximate surface area is 149 Å². The molecular weight excluding hydrogens is 372 g/mol. The van der Waals surface area contributed by atoms with Crippen LogP contribution in [0, 0.1) is 13.2 Å². The van der Waals surface area contributed by atoms with E-state index in [4.69, 9.17) is 13.2 Å². The van der Waals surface area contributed by atoms with Gasteiger partial charge in [-0.2, -0.15) is 10.4 Å². The minimum Gasteiger partial charge on any atom is -0.294 e. The van der Waals surface area contributed by atoms with Crippen molar-refractivity contribution in [2.45, 2.75) is 40.0 Å². The molecule has 0 saturated carbocycles. The SMILES string of the molecule is [CH-]=C(C=C(C)[SiH2]C)[SiH2]C.[CH-]=C(C=C(C)[SiH2]C)[SiH2]C.[Zr+2]. The van der Waals surface area contributed by atoms with Crippen molar-refractivity contribution >= 4 is 38.1 Å². The van der Waals surface area contributed by atoms with E-state index in [1.807, 2.05) is 0 Å². The van der Waals surface area contributed by atoms with Gasteiger partial charge < -0.3 is 0 Å². The fourth-order valence-corrected chi connectivity index (χ4v) is 3.66. The first-order chi connectivity index (χ1) is 8.40. The van der Waals surface area contributed by atoms with Crippen LogP contribution < -0.4 is 0 Å². The maximum Gasteiger partial charge on any atom is 2.00 e.